The molecule has 7 heteroatoms. The van der Waals surface area contributed by atoms with Gasteiger partial charge in [-0.1, -0.05) is 39.0 Å². The van der Waals surface area contributed by atoms with E-state index in [0.29, 0.717) is 12.5 Å². The monoisotopic (exact) mass is 456 g/mol. The molecule has 2 aromatic rings. The molecule has 6 nitrogen and oxygen atoms in total. The van der Waals surface area contributed by atoms with E-state index < -0.39 is 0 Å². The van der Waals surface area contributed by atoms with Gasteiger partial charge in [0, 0.05) is 25.1 Å². The van der Waals surface area contributed by atoms with Crippen molar-refractivity contribution in [2.45, 2.75) is 52.0 Å². The number of aliphatic imine (C=N–C) groups is 1. The second-order valence-electron chi connectivity index (χ2n) is 5.87. The number of hydrogen-bond acceptors (Lipinski definition) is 3. The number of nitrogens with zero attached hydrogens (tertiary/aromatic N) is 4. The van der Waals surface area contributed by atoms with Crippen LogP contribution >= 0.6 is 24.0 Å². The van der Waals surface area contributed by atoms with Crippen LogP contribution in [0.4, 0.5) is 0 Å². The van der Waals surface area contributed by atoms with Crippen LogP contribution in [0, 0.1) is 0 Å². The Balaban J connectivity index is 0.00000312. The summed E-state index contributed by atoms with van der Waals surface area (Å²) in [6.07, 6.45) is 13.0. The summed E-state index contributed by atoms with van der Waals surface area (Å²) < 4.78 is 1.73. The average molecular weight is 456 g/mol. The molecular weight excluding hydrogens is 427 g/mol. The summed E-state index contributed by atoms with van der Waals surface area (Å²) in [6, 6.07) is 5.78. The summed E-state index contributed by atoms with van der Waals surface area (Å²) in [5.41, 5.74) is 6.98. The molecule has 0 bridgehead atoms. The highest BCUT2D eigenvalue weighted by atomic mass is 127. The van der Waals surface area contributed by atoms with Crippen molar-refractivity contribution in [3.05, 3.63) is 42.4 Å². The maximum Gasteiger partial charge on any atom is 0.188 e. The third-order valence-electron chi connectivity index (χ3n) is 3.82. The first-order valence-electron chi connectivity index (χ1n) is 8.78. The van der Waals surface area contributed by atoms with Gasteiger partial charge in [0.15, 0.2) is 11.8 Å². The Morgan fingerprint density at radius 3 is 2.76 bits per heavy atom. The number of pyridine rings is 1. The zero-order valence-electron chi connectivity index (χ0n) is 14.9. The lowest BCUT2D eigenvalue weighted by Gasteiger charge is -2.06. The summed E-state index contributed by atoms with van der Waals surface area (Å²) in [5.74, 6) is 1.28. The number of nitrogens with one attached hydrogen (secondary N) is 1. The normalized spacial score (nSPS) is 11.2. The number of unbranched alkanes of at least 4 members (excludes halogenated alkanes) is 5. The van der Waals surface area contributed by atoms with Crippen molar-refractivity contribution in [1.29, 1.82) is 0 Å². The van der Waals surface area contributed by atoms with Gasteiger partial charge in [0.05, 0.1) is 6.54 Å². The molecule has 138 valence electrons. The minimum atomic E-state index is 0. The van der Waals surface area contributed by atoms with Crippen LogP contribution in [0.1, 0.15) is 51.0 Å². The molecule has 25 heavy (non-hydrogen) atoms. The minimum absolute atomic E-state index is 0. The number of nitrogens with two attached hydrogens (primary N) is 1. The molecule has 0 radical (unpaired) electrons. The van der Waals surface area contributed by atoms with Crippen molar-refractivity contribution in [3.63, 3.8) is 0 Å². The molecule has 0 saturated carbocycles. The smallest absolute Gasteiger partial charge is 0.188 e. The maximum atomic E-state index is 5.92. The summed E-state index contributed by atoms with van der Waals surface area (Å²) >= 11 is 0. The number of halogens is 1. The van der Waals surface area contributed by atoms with Gasteiger partial charge in [0.2, 0.25) is 0 Å². The minimum Gasteiger partial charge on any atom is -0.370 e. The van der Waals surface area contributed by atoms with Gasteiger partial charge in [-0.25, -0.2) is 14.7 Å². The lowest BCUT2D eigenvalue weighted by atomic mass is 10.1. The molecule has 2 aromatic heterocycles. The van der Waals surface area contributed by atoms with Crippen LogP contribution in [-0.4, -0.2) is 27.3 Å². The van der Waals surface area contributed by atoms with Crippen molar-refractivity contribution < 1.29 is 0 Å². The molecule has 0 spiro atoms. The second kappa shape index (κ2) is 12.7. The number of rotatable bonds is 10. The van der Waals surface area contributed by atoms with Crippen molar-refractivity contribution >= 4 is 29.9 Å². The summed E-state index contributed by atoms with van der Waals surface area (Å²) in [7, 11) is 0. The van der Waals surface area contributed by atoms with Crippen LogP contribution in [0.3, 0.4) is 0 Å². The summed E-state index contributed by atoms with van der Waals surface area (Å²) in [4.78, 5) is 8.70. The first kappa shape index (κ1) is 21.4. The number of aromatic nitrogens is 3. The third-order valence-corrected chi connectivity index (χ3v) is 3.82. The lowest BCUT2D eigenvalue weighted by Crippen LogP contribution is -2.32. The Bertz CT molecular complexity index is 612. The van der Waals surface area contributed by atoms with Gasteiger partial charge in [-0.15, -0.1) is 24.0 Å². The molecule has 0 aliphatic rings. The Morgan fingerprint density at radius 2 is 2.00 bits per heavy atom. The predicted octanol–water partition coefficient (Wildman–Crippen LogP) is 3.65. The van der Waals surface area contributed by atoms with Crippen LogP contribution < -0.4 is 11.1 Å². The van der Waals surface area contributed by atoms with Crippen LogP contribution in [0.2, 0.25) is 0 Å². The number of hydrogen-bond donors (Lipinski definition) is 2. The summed E-state index contributed by atoms with van der Waals surface area (Å²) in [6.45, 7) is 3.65. The van der Waals surface area contributed by atoms with Crippen LogP contribution in [0.15, 0.2) is 41.8 Å². The standard InChI is InChI=1S/C18H28N6.HI/c1-2-3-4-5-6-7-10-21-18(19)22-15-16-9-12-20-17(14-16)24-13-8-11-23-24;/h8-9,11-14H,2-7,10,15H2,1H3,(H3,19,21,22);1H. The fourth-order valence-corrected chi connectivity index (χ4v) is 2.44. The van der Waals surface area contributed by atoms with E-state index in [1.165, 1.54) is 32.1 Å². The van der Waals surface area contributed by atoms with Crippen LogP contribution in [-0.2, 0) is 6.54 Å². The Kier molecular flexibility index (Phi) is 10.9. The van der Waals surface area contributed by atoms with E-state index in [2.05, 4.69) is 27.3 Å². The Labute approximate surface area is 167 Å². The first-order chi connectivity index (χ1) is 11.8. The van der Waals surface area contributed by atoms with Gasteiger partial charge in [0.25, 0.3) is 0 Å². The topological polar surface area (TPSA) is 81.1 Å². The third kappa shape index (κ3) is 8.33. The molecule has 0 fully saturated rings. The van der Waals surface area contributed by atoms with E-state index in [1.54, 1.807) is 17.1 Å². The van der Waals surface area contributed by atoms with Gasteiger partial charge < -0.3 is 11.1 Å². The molecule has 0 aromatic carbocycles. The molecule has 2 rings (SSSR count). The zero-order valence-corrected chi connectivity index (χ0v) is 17.2. The average Bonchev–Trinajstić information content (AvgIpc) is 3.14. The fourth-order valence-electron chi connectivity index (χ4n) is 2.44. The van der Waals surface area contributed by atoms with E-state index >= 15 is 0 Å². The van der Waals surface area contributed by atoms with Gasteiger partial charge in [-0.05, 0) is 30.2 Å². The molecular formula is C18H29IN6. The van der Waals surface area contributed by atoms with E-state index in [-0.39, 0.29) is 24.0 Å². The summed E-state index contributed by atoms with van der Waals surface area (Å²) in [5, 5.41) is 7.36. The highest BCUT2D eigenvalue weighted by Gasteiger charge is 2.00. The molecule has 0 atom stereocenters. The van der Waals surface area contributed by atoms with Crippen molar-refractivity contribution in [2.75, 3.05) is 6.54 Å². The quantitative estimate of drug-likeness (QED) is 0.248. The number of guanidine groups is 1. The molecule has 2 heterocycles. The van der Waals surface area contributed by atoms with E-state index in [1.807, 2.05) is 24.4 Å². The van der Waals surface area contributed by atoms with E-state index in [4.69, 9.17) is 5.73 Å². The van der Waals surface area contributed by atoms with Gasteiger partial charge in [0.1, 0.15) is 0 Å². The molecule has 0 amide bonds. The second-order valence-corrected chi connectivity index (χ2v) is 5.87. The Morgan fingerprint density at radius 1 is 1.20 bits per heavy atom. The van der Waals surface area contributed by atoms with Crippen LogP contribution in [0.5, 0.6) is 0 Å². The lowest BCUT2D eigenvalue weighted by molar-refractivity contribution is 0.601. The molecule has 0 aliphatic carbocycles. The molecule has 0 aliphatic heterocycles. The largest absolute Gasteiger partial charge is 0.370 e. The zero-order chi connectivity index (χ0) is 17.0. The first-order valence-corrected chi connectivity index (χ1v) is 8.78. The highest BCUT2D eigenvalue weighted by molar-refractivity contribution is 14.0. The fraction of sp³-hybridized carbons (Fsp3) is 0.500. The van der Waals surface area contributed by atoms with Gasteiger partial charge >= 0.3 is 0 Å². The molecule has 0 unspecified atom stereocenters. The molecule has 0 saturated heterocycles. The maximum absolute atomic E-state index is 5.92. The molecule has 3 N–H and O–H groups in total. The van der Waals surface area contributed by atoms with Crippen molar-refractivity contribution in [3.8, 4) is 5.82 Å². The van der Waals surface area contributed by atoms with Gasteiger partial charge in [-0.2, -0.15) is 5.10 Å². The highest BCUT2D eigenvalue weighted by Crippen LogP contribution is 2.07. The van der Waals surface area contributed by atoms with Crippen molar-refractivity contribution in [1.82, 2.24) is 20.1 Å². The van der Waals surface area contributed by atoms with Crippen LogP contribution in [0.25, 0.3) is 5.82 Å². The van der Waals surface area contributed by atoms with Crippen molar-refractivity contribution in [2.24, 2.45) is 10.7 Å². The SMILES string of the molecule is CCCCCCCCNC(N)=NCc1ccnc(-n2cccn2)c1.I. The van der Waals surface area contributed by atoms with E-state index in [0.717, 1.165) is 24.3 Å². The predicted molar refractivity (Wildman–Crippen MR) is 113 cm³/mol. The van der Waals surface area contributed by atoms with Gasteiger partial charge in [-0.3, -0.25) is 0 Å². The Hall–Kier alpha value is -1.64. The van der Waals surface area contributed by atoms with E-state index in [9.17, 15) is 0 Å².